The first-order valence-corrected chi connectivity index (χ1v) is 7.90. The Kier molecular flexibility index (Phi) is 4.59. The molecule has 0 amide bonds. The molecule has 1 unspecified atom stereocenters. The summed E-state index contributed by atoms with van der Waals surface area (Å²) in [5, 5.41) is 9.36. The minimum Gasteiger partial charge on any atom is -0.264 e. The van der Waals surface area contributed by atoms with Gasteiger partial charge in [-0.05, 0) is 36.8 Å². The lowest BCUT2D eigenvalue weighted by atomic mass is 9.85. The Bertz CT molecular complexity index is 782. The Labute approximate surface area is 128 Å². The summed E-state index contributed by atoms with van der Waals surface area (Å²) in [5.74, 6) is -0.429. The summed E-state index contributed by atoms with van der Waals surface area (Å²) in [5.41, 5.74) is -0.713. The Morgan fingerprint density at radius 3 is 2.27 bits per heavy atom. The molecule has 22 heavy (non-hydrogen) atoms. The van der Waals surface area contributed by atoms with Crippen LogP contribution in [0.15, 0.2) is 59.5 Å². The third kappa shape index (κ3) is 3.50. The van der Waals surface area contributed by atoms with E-state index in [1.807, 2.05) is 6.07 Å². The van der Waals surface area contributed by atoms with Gasteiger partial charge < -0.3 is 0 Å². The molecule has 0 aliphatic carbocycles. The van der Waals surface area contributed by atoms with Crippen molar-refractivity contribution in [3.63, 3.8) is 0 Å². The minimum atomic E-state index is -3.94. The standard InChI is InChI=1S/C16H14FNO3S/c1-16(11-18,13-7-9-14(17)10-8-13)12-21-22(19,20)15-5-3-2-4-6-15/h2-10H,12H2,1H3. The number of nitriles is 1. The van der Waals surface area contributed by atoms with Crippen molar-refractivity contribution >= 4 is 10.1 Å². The van der Waals surface area contributed by atoms with Crippen LogP contribution < -0.4 is 0 Å². The zero-order chi connectivity index (χ0) is 16.2. The van der Waals surface area contributed by atoms with Crippen LogP contribution in [0, 0.1) is 17.1 Å². The first kappa shape index (κ1) is 16.1. The van der Waals surface area contributed by atoms with Gasteiger partial charge >= 0.3 is 0 Å². The van der Waals surface area contributed by atoms with E-state index in [1.54, 1.807) is 25.1 Å². The van der Waals surface area contributed by atoms with E-state index < -0.39 is 21.4 Å². The van der Waals surface area contributed by atoms with Gasteiger partial charge in [-0.2, -0.15) is 13.7 Å². The van der Waals surface area contributed by atoms with Crippen molar-refractivity contribution in [3.05, 3.63) is 66.0 Å². The average Bonchev–Trinajstić information content (AvgIpc) is 2.54. The molecular formula is C16H14FNO3S. The molecular weight excluding hydrogens is 305 g/mol. The minimum absolute atomic E-state index is 0.0226. The molecule has 2 rings (SSSR count). The molecule has 6 heteroatoms. The zero-order valence-electron chi connectivity index (χ0n) is 11.9. The van der Waals surface area contributed by atoms with Crippen LogP contribution in [0.2, 0.25) is 0 Å². The van der Waals surface area contributed by atoms with Gasteiger partial charge in [-0.3, -0.25) is 4.18 Å². The highest BCUT2D eigenvalue weighted by Gasteiger charge is 2.30. The number of hydrogen-bond acceptors (Lipinski definition) is 4. The average molecular weight is 319 g/mol. The van der Waals surface area contributed by atoms with Gasteiger partial charge in [-0.25, -0.2) is 4.39 Å². The van der Waals surface area contributed by atoms with Gasteiger partial charge in [0, 0.05) is 0 Å². The summed E-state index contributed by atoms with van der Waals surface area (Å²) in [6.45, 7) is 1.19. The van der Waals surface area contributed by atoms with E-state index in [2.05, 4.69) is 0 Å². The molecule has 0 bridgehead atoms. The molecule has 2 aromatic rings. The topological polar surface area (TPSA) is 67.2 Å². The summed E-state index contributed by atoms with van der Waals surface area (Å²) in [4.78, 5) is 0.0226. The molecule has 4 nitrogen and oxygen atoms in total. The van der Waals surface area contributed by atoms with Gasteiger partial charge in [-0.15, -0.1) is 0 Å². The van der Waals surface area contributed by atoms with Crippen LogP contribution in [0.4, 0.5) is 4.39 Å². The van der Waals surface area contributed by atoms with Crippen LogP contribution in [-0.4, -0.2) is 15.0 Å². The number of rotatable bonds is 5. The van der Waals surface area contributed by atoms with Crippen LogP contribution in [0.5, 0.6) is 0 Å². The van der Waals surface area contributed by atoms with Crippen molar-refractivity contribution in [3.8, 4) is 6.07 Å². The predicted molar refractivity (Wildman–Crippen MR) is 78.9 cm³/mol. The molecule has 114 valence electrons. The van der Waals surface area contributed by atoms with E-state index in [0.29, 0.717) is 5.56 Å². The Morgan fingerprint density at radius 2 is 1.73 bits per heavy atom. The molecule has 1 atom stereocenters. The van der Waals surface area contributed by atoms with Crippen LogP contribution >= 0.6 is 0 Å². The van der Waals surface area contributed by atoms with Gasteiger partial charge in [0.25, 0.3) is 10.1 Å². The number of halogens is 1. The maximum atomic E-state index is 13.0. The summed E-state index contributed by atoms with van der Waals surface area (Å²) >= 11 is 0. The van der Waals surface area contributed by atoms with E-state index in [9.17, 15) is 18.1 Å². The van der Waals surface area contributed by atoms with Gasteiger partial charge in [-0.1, -0.05) is 30.3 Å². The van der Waals surface area contributed by atoms with Crippen molar-refractivity contribution < 1.29 is 17.0 Å². The largest absolute Gasteiger partial charge is 0.297 e. The smallest absolute Gasteiger partial charge is 0.264 e. The van der Waals surface area contributed by atoms with Crippen molar-refractivity contribution in [2.45, 2.75) is 17.2 Å². The molecule has 2 aromatic carbocycles. The lowest BCUT2D eigenvalue weighted by Crippen LogP contribution is -2.28. The summed E-state index contributed by atoms with van der Waals surface area (Å²) in [7, 11) is -3.94. The third-order valence-electron chi connectivity index (χ3n) is 3.26. The summed E-state index contributed by atoms with van der Waals surface area (Å²) in [6.07, 6.45) is 0. The molecule has 0 aliphatic heterocycles. The van der Waals surface area contributed by atoms with Crippen LogP contribution in [-0.2, 0) is 19.7 Å². The van der Waals surface area contributed by atoms with Crippen molar-refractivity contribution in [2.75, 3.05) is 6.61 Å². The fraction of sp³-hybridized carbons (Fsp3) is 0.188. The van der Waals surface area contributed by atoms with E-state index in [1.165, 1.54) is 36.4 Å². The van der Waals surface area contributed by atoms with Gasteiger partial charge in [0.2, 0.25) is 0 Å². The van der Waals surface area contributed by atoms with Crippen molar-refractivity contribution in [1.29, 1.82) is 5.26 Å². The lowest BCUT2D eigenvalue weighted by Gasteiger charge is -2.21. The van der Waals surface area contributed by atoms with E-state index in [4.69, 9.17) is 4.18 Å². The maximum Gasteiger partial charge on any atom is 0.297 e. The number of hydrogen-bond donors (Lipinski definition) is 0. The van der Waals surface area contributed by atoms with Gasteiger partial charge in [0.15, 0.2) is 0 Å². The molecule has 0 saturated carbocycles. The molecule has 0 heterocycles. The van der Waals surface area contributed by atoms with E-state index >= 15 is 0 Å². The molecule has 0 aliphatic rings. The summed E-state index contributed by atoms with van der Waals surface area (Å²) < 4.78 is 42.2. The molecule has 0 saturated heterocycles. The highest BCUT2D eigenvalue weighted by Crippen LogP contribution is 2.25. The Hall–Kier alpha value is -2.23. The maximum absolute atomic E-state index is 13.0. The quantitative estimate of drug-likeness (QED) is 0.795. The molecule has 0 fully saturated rings. The fourth-order valence-electron chi connectivity index (χ4n) is 1.85. The van der Waals surface area contributed by atoms with E-state index in [0.717, 1.165) is 0 Å². The van der Waals surface area contributed by atoms with Crippen LogP contribution in [0.1, 0.15) is 12.5 Å². The third-order valence-corrected chi connectivity index (χ3v) is 4.54. The second-order valence-electron chi connectivity index (χ2n) is 4.98. The monoisotopic (exact) mass is 319 g/mol. The fourth-order valence-corrected chi connectivity index (χ4v) is 2.87. The first-order chi connectivity index (χ1) is 10.4. The molecule has 0 N–H and O–H groups in total. The highest BCUT2D eigenvalue weighted by molar-refractivity contribution is 7.86. The molecule has 0 aromatic heterocycles. The SMILES string of the molecule is CC(C#N)(COS(=O)(=O)c1ccccc1)c1ccc(F)cc1. The Balaban J connectivity index is 2.21. The van der Waals surface area contributed by atoms with E-state index in [-0.39, 0.29) is 11.5 Å². The predicted octanol–water partition coefficient (Wildman–Crippen LogP) is 3.01. The Morgan fingerprint density at radius 1 is 1.14 bits per heavy atom. The normalized spacial score (nSPS) is 14.0. The number of nitrogens with zero attached hydrogens (tertiary/aromatic N) is 1. The summed E-state index contributed by atoms with van der Waals surface area (Å²) in [6, 6.07) is 15.0. The van der Waals surface area contributed by atoms with Crippen LogP contribution in [0.3, 0.4) is 0 Å². The van der Waals surface area contributed by atoms with Gasteiger partial charge in [0.05, 0.1) is 17.6 Å². The van der Waals surface area contributed by atoms with Crippen molar-refractivity contribution in [1.82, 2.24) is 0 Å². The first-order valence-electron chi connectivity index (χ1n) is 6.49. The second kappa shape index (κ2) is 6.26. The molecule has 0 spiro atoms. The lowest BCUT2D eigenvalue weighted by molar-refractivity contribution is 0.267. The van der Waals surface area contributed by atoms with Gasteiger partial charge in [0.1, 0.15) is 11.2 Å². The highest BCUT2D eigenvalue weighted by atomic mass is 32.2. The second-order valence-corrected chi connectivity index (χ2v) is 6.60. The van der Waals surface area contributed by atoms with Crippen LogP contribution in [0.25, 0.3) is 0 Å². The van der Waals surface area contributed by atoms with Crippen molar-refractivity contribution in [2.24, 2.45) is 0 Å². The molecule has 0 radical (unpaired) electrons. The number of benzene rings is 2. The zero-order valence-corrected chi connectivity index (χ0v) is 12.7.